The average molecular weight is 345 g/mol. The Morgan fingerprint density at radius 2 is 1.45 bits per heavy atom. The van der Waals surface area contributed by atoms with Crippen molar-refractivity contribution in [2.45, 2.75) is 64.8 Å². The van der Waals surface area contributed by atoms with Crippen LogP contribution in [-0.2, 0) is 6.54 Å². The molecular formula is C19H32Cl2N+. The maximum absolute atomic E-state index is 6.28. The molecule has 1 aromatic carbocycles. The van der Waals surface area contributed by atoms with Crippen molar-refractivity contribution in [3.05, 3.63) is 33.8 Å². The SMILES string of the molecule is CCCCCCCCCC[N+](C)(C)Cc1cc(Cl)ccc1Cl. The minimum Gasteiger partial charge on any atom is -0.325 e. The summed E-state index contributed by atoms with van der Waals surface area (Å²) in [4.78, 5) is 0. The molecule has 0 fully saturated rings. The minimum absolute atomic E-state index is 0.770. The summed E-state index contributed by atoms with van der Waals surface area (Å²) in [5.41, 5.74) is 1.15. The predicted octanol–water partition coefficient (Wildman–Crippen LogP) is 6.71. The summed E-state index contributed by atoms with van der Waals surface area (Å²) < 4.78 is 0.968. The molecule has 1 aromatic rings. The molecule has 0 aliphatic heterocycles. The van der Waals surface area contributed by atoms with Gasteiger partial charge in [0.25, 0.3) is 0 Å². The van der Waals surface area contributed by atoms with E-state index in [1.807, 2.05) is 18.2 Å². The molecule has 126 valence electrons. The molecule has 1 nitrogen and oxygen atoms in total. The van der Waals surface area contributed by atoms with Crippen molar-refractivity contribution in [1.82, 2.24) is 0 Å². The normalized spacial score (nSPS) is 11.9. The first kappa shape index (κ1) is 19.8. The van der Waals surface area contributed by atoms with E-state index < -0.39 is 0 Å². The van der Waals surface area contributed by atoms with Crippen LogP contribution < -0.4 is 0 Å². The lowest BCUT2D eigenvalue weighted by Crippen LogP contribution is -2.39. The van der Waals surface area contributed by atoms with E-state index in [9.17, 15) is 0 Å². The third-order valence-electron chi connectivity index (χ3n) is 4.22. The highest BCUT2D eigenvalue weighted by Crippen LogP contribution is 2.23. The van der Waals surface area contributed by atoms with Gasteiger partial charge in [-0.1, -0.05) is 68.7 Å². The van der Waals surface area contributed by atoms with Gasteiger partial charge in [-0.05, 0) is 31.0 Å². The van der Waals surface area contributed by atoms with Gasteiger partial charge < -0.3 is 4.48 Å². The first-order chi connectivity index (χ1) is 10.4. The van der Waals surface area contributed by atoms with E-state index in [-0.39, 0.29) is 0 Å². The Morgan fingerprint density at radius 1 is 0.864 bits per heavy atom. The Kier molecular flexibility index (Phi) is 9.47. The number of benzene rings is 1. The van der Waals surface area contributed by atoms with Gasteiger partial charge in [0.05, 0.1) is 20.6 Å². The number of rotatable bonds is 11. The lowest BCUT2D eigenvalue weighted by Gasteiger charge is -2.30. The van der Waals surface area contributed by atoms with E-state index in [0.29, 0.717) is 0 Å². The second-order valence-corrected chi connectivity index (χ2v) is 7.87. The fourth-order valence-corrected chi connectivity index (χ4v) is 3.25. The third kappa shape index (κ3) is 8.41. The summed E-state index contributed by atoms with van der Waals surface area (Å²) in [6, 6.07) is 5.75. The Balaban J connectivity index is 2.25. The molecule has 0 saturated carbocycles. The molecule has 0 radical (unpaired) electrons. The van der Waals surface area contributed by atoms with Gasteiger partial charge in [0.2, 0.25) is 0 Å². The van der Waals surface area contributed by atoms with Crippen LogP contribution in [0.2, 0.25) is 10.0 Å². The third-order valence-corrected chi connectivity index (χ3v) is 4.83. The van der Waals surface area contributed by atoms with Gasteiger partial charge in [-0.3, -0.25) is 0 Å². The van der Waals surface area contributed by atoms with E-state index in [4.69, 9.17) is 23.2 Å². The van der Waals surface area contributed by atoms with Crippen molar-refractivity contribution in [3.63, 3.8) is 0 Å². The Bertz CT molecular complexity index is 429. The molecule has 1 rings (SSSR count). The topological polar surface area (TPSA) is 0 Å². The monoisotopic (exact) mass is 344 g/mol. The van der Waals surface area contributed by atoms with Gasteiger partial charge in [0.15, 0.2) is 0 Å². The van der Waals surface area contributed by atoms with Crippen LogP contribution in [0.25, 0.3) is 0 Å². The Hall–Kier alpha value is -0.240. The molecule has 0 saturated heterocycles. The Labute approximate surface area is 147 Å². The molecule has 0 aliphatic carbocycles. The van der Waals surface area contributed by atoms with Gasteiger partial charge in [-0.15, -0.1) is 0 Å². The molecule has 0 aliphatic rings. The van der Waals surface area contributed by atoms with E-state index in [0.717, 1.165) is 26.6 Å². The highest BCUT2D eigenvalue weighted by molar-refractivity contribution is 6.33. The molecule has 0 heterocycles. The van der Waals surface area contributed by atoms with E-state index in [2.05, 4.69) is 21.0 Å². The smallest absolute Gasteiger partial charge is 0.105 e. The molecule has 0 unspecified atom stereocenters. The van der Waals surface area contributed by atoms with E-state index in [1.165, 1.54) is 57.9 Å². The van der Waals surface area contributed by atoms with Gasteiger partial charge in [0, 0.05) is 15.6 Å². The van der Waals surface area contributed by atoms with Gasteiger partial charge in [-0.2, -0.15) is 0 Å². The van der Waals surface area contributed by atoms with Gasteiger partial charge in [0.1, 0.15) is 6.54 Å². The molecular weight excluding hydrogens is 313 g/mol. The summed E-state index contributed by atoms with van der Waals surface area (Å²) >= 11 is 12.4. The zero-order valence-corrected chi connectivity index (χ0v) is 16.0. The number of halogens is 2. The number of nitrogens with zero attached hydrogens (tertiary/aromatic N) is 1. The fraction of sp³-hybridized carbons (Fsp3) is 0.684. The second-order valence-electron chi connectivity index (χ2n) is 7.03. The first-order valence-electron chi connectivity index (χ1n) is 8.70. The number of hydrogen-bond donors (Lipinski definition) is 0. The van der Waals surface area contributed by atoms with E-state index >= 15 is 0 Å². The highest BCUT2D eigenvalue weighted by atomic mass is 35.5. The second kappa shape index (κ2) is 10.5. The molecule has 0 bridgehead atoms. The number of unbranched alkanes of at least 4 members (excludes halogenated alkanes) is 7. The summed E-state index contributed by atoms with van der Waals surface area (Å²) in [6.45, 7) is 4.40. The summed E-state index contributed by atoms with van der Waals surface area (Å²) in [7, 11) is 4.55. The van der Waals surface area contributed by atoms with E-state index in [1.54, 1.807) is 0 Å². The van der Waals surface area contributed by atoms with Crippen LogP contribution in [0.1, 0.15) is 63.9 Å². The summed E-state index contributed by atoms with van der Waals surface area (Å²) in [6.07, 6.45) is 10.9. The van der Waals surface area contributed by atoms with Gasteiger partial charge in [-0.25, -0.2) is 0 Å². The van der Waals surface area contributed by atoms with Crippen molar-refractivity contribution in [1.29, 1.82) is 0 Å². The van der Waals surface area contributed by atoms with Crippen LogP contribution in [0.4, 0.5) is 0 Å². The number of quaternary nitrogens is 1. The van der Waals surface area contributed by atoms with Crippen molar-refractivity contribution in [2.24, 2.45) is 0 Å². The van der Waals surface area contributed by atoms with Crippen LogP contribution in [0.15, 0.2) is 18.2 Å². The Morgan fingerprint density at radius 3 is 2.09 bits per heavy atom. The van der Waals surface area contributed by atoms with Crippen LogP contribution in [0.5, 0.6) is 0 Å². The van der Waals surface area contributed by atoms with Crippen LogP contribution >= 0.6 is 23.2 Å². The van der Waals surface area contributed by atoms with Crippen LogP contribution in [-0.4, -0.2) is 25.1 Å². The van der Waals surface area contributed by atoms with Gasteiger partial charge >= 0.3 is 0 Å². The van der Waals surface area contributed by atoms with Crippen LogP contribution in [0, 0.1) is 0 Å². The highest BCUT2D eigenvalue weighted by Gasteiger charge is 2.17. The molecule has 0 N–H and O–H groups in total. The summed E-state index contributed by atoms with van der Waals surface area (Å²) in [5, 5.41) is 1.60. The zero-order chi connectivity index (χ0) is 16.4. The number of hydrogen-bond acceptors (Lipinski definition) is 0. The maximum atomic E-state index is 6.28. The lowest BCUT2D eigenvalue weighted by atomic mass is 10.1. The molecule has 0 spiro atoms. The molecule has 0 atom stereocenters. The zero-order valence-electron chi connectivity index (χ0n) is 14.5. The standard InChI is InChI=1S/C19H32Cl2N/c1-4-5-6-7-8-9-10-11-14-22(2,3)16-17-15-18(20)12-13-19(17)21/h12-13,15H,4-11,14,16H2,1-3H3/q+1. The van der Waals surface area contributed by atoms with Crippen LogP contribution in [0.3, 0.4) is 0 Å². The largest absolute Gasteiger partial charge is 0.325 e. The molecule has 3 heteroatoms. The minimum atomic E-state index is 0.770. The van der Waals surface area contributed by atoms with Crippen molar-refractivity contribution < 1.29 is 4.48 Å². The molecule has 0 aromatic heterocycles. The molecule has 22 heavy (non-hydrogen) atoms. The average Bonchev–Trinajstić information content (AvgIpc) is 2.45. The van der Waals surface area contributed by atoms with Crippen molar-refractivity contribution in [2.75, 3.05) is 20.6 Å². The first-order valence-corrected chi connectivity index (χ1v) is 9.46. The predicted molar refractivity (Wildman–Crippen MR) is 99.8 cm³/mol. The van der Waals surface area contributed by atoms with Crippen molar-refractivity contribution >= 4 is 23.2 Å². The van der Waals surface area contributed by atoms with Crippen molar-refractivity contribution in [3.8, 4) is 0 Å². The lowest BCUT2D eigenvalue weighted by molar-refractivity contribution is -0.903. The summed E-state index contributed by atoms with van der Waals surface area (Å²) in [5.74, 6) is 0. The quantitative estimate of drug-likeness (QED) is 0.309. The molecule has 0 amide bonds. The fourth-order valence-electron chi connectivity index (χ4n) is 2.88. The maximum Gasteiger partial charge on any atom is 0.105 e.